The molecule has 1 aromatic carbocycles. The van der Waals surface area contributed by atoms with Crippen molar-refractivity contribution < 1.29 is 28.6 Å². The van der Waals surface area contributed by atoms with Gasteiger partial charge in [-0.05, 0) is 24.3 Å². The van der Waals surface area contributed by atoms with Crippen LogP contribution in [0.2, 0.25) is 0 Å². The quantitative estimate of drug-likeness (QED) is 0.254. The summed E-state index contributed by atoms with van der Waals surface area (Å²) in [7, 11) is -2.53. The summed E-state index contributed by atoms with van der Waals surface area (Å²) in [6.07, 6.45) is 1.33. The van der Waals surface area contributed by atoms with Crippen LogP contribution in [0.4, 0.5) is 0 Å². The van der Waals surface area contributed by atoms with Gasteiger partial charge in [-0.2, -0.15) is 0 Å². The molecule has 3 aromatic rings. The van der Waals surface area contributed by atoms with Crippen molar-refractivity contribution >= 4 is 31.5 Å². The molecule has 0 bridgehead atoms. The first-order valence-corrected chi connectivity index (χ1v) is 11.3. The summed E-state index contributed by atoms with van der Waals surface area (Å²) < 4.78 is 10.5. The highest BCUT2D eigenvalue weighted by Crippen LogP contribution is 2.28. The number of nitrogens with one attached hydrogen (secondary N) is 2. The molecule has 174 valence electrons. The number of carbonyl (C=O) groups excluding carboxylic acids is 2. The summed E-state index contributed by atoms with van der Waals surface area (Å²) in [6, 6.07) is 10.2. The molecule has 2 heterocycles. The fourth-order valence-electron chi connectivity index (χ4n) is 2.67. The number of benzene rings is 1. The van der Waals surface area contributed by atoms with Gasteiger partial charge in [0, 0.05) is 19.0 Å². The van der Waals surface area contributed by atoms with Crippen LogP contribution in [-0.4, -0.2) is 49.6 Å². The van der Waals surface area contributed by atoms with Crippen LogP contribution in [0.3, 0.4) is 0 Å². The Bertz CT molecular complexity index is 1110. The minimum absolute atomic E-state index is 0.00889. The summed E-state index contributed by atoms with van der Waals surface area (Å²) in [5.41, 5.74) is 1.60. The molecule has 2 aromatic heterocycles. The Morgan fingerprint density at radius 2 is 1.73 bits per heavy atom. The van der Waals surface area contributed by atoms with Crippen molar-refractivity contribution in [3.05, 3.63) is 54.0 Å². The zero-order chi connectivity index (χ0) is 23.8. The van der Waals surface area contributed by atoms with Crippen molar-refractivity contribution in [3.8, 4) is 11.6 Å². The number of nitrogens with zero attached hydrogens (tertiary/aromatic N) is 3. The highest BCUT2D eigenvalue weighted by molar-refractivity contribution is 7.39. The number of pyridine rings is 1. The Balaban J connectivity index is 1.71. The molecule has 11 nitrogen and oxygen atoms in total. The van der Waals surface area contributed by atoms with E-state index in [1.165, 1.54) is 12.3 Å². The summed E-state index contributed by atoms with van der Waals surface area (Å²) in [6.45, 7) is 4.06. The van der Waals surface area contributed by atoms with E-state index in [2.05, 4.69) is 25.6 Å². The van der Waals surface area contributed by atoms with E-state index in [1.54, 1.807) is 44.2 Å². The fourth-order valence-corrected chi connectivity index (χ4v) is 2.97. The second-order valence-corrected chi connectivity index (χ2v) is 7.87. The number of hydrogen-bond acceptors (Lipinski definition) is 9. The predicted octanol–water partition coefficient (Wildman–Crippen LogP) is 1.70. The first kappa shape index (κ1) is 24.2. The second kappa shape index (κ2) is 11.5. The maximum absolute atomic E-state index is 12.8. The molecule has 0 aliphatic rings. The standard InChI is InChI=1S/C21H24N5O6P/c1-13(2)19(27)22-9-10-23-20(28)18-21(26-17-6-4-3-5-16(17)25-18)31-12-14-7-8-15(11-24-14)32-33(29)30/h3-8,11,13,29-30H,9-10,12H2,1-2H3,(H,22,27)(H,23,28). The zero-order valence-electron chi connectivity index (χ0n) is 18.1. The molecule has 12 heteroatoms. The number of rotatable bonds is 10. The molecule has 0 radical (unpaired) electrons. The zero-order valence-corrected chi connectivity index (χ0v) is 19.0. The van der Waals surface area contributed by atoms with Crippen LogP contribution in [-0.2, 0) is 11.4 Å². The van der Waals surface area contributed by atoms with Crippen LogP contribution in [0.25, 0.3) is 11.0 Å². The molecule has 0 fully saturated rings. The lowest BCUT2D eigenvalue weighted by Gasteiger charge is -2.12. The lowest BCUT2D eigenvalue weighted by Crippen LogP contribution is -2.36. The molecule has 0 aliphatic heterocycles. The summed E-state index contributed by atoms with van der Waals surface area (Å²) in [5, 5.41) is 5.43. The Kier molecular flexibility index (Phi) is 8.42. The van der Waals surface area contributed by atoms with Crippen LogP contribution in [0, 0.1) is 5.92 Å². The Labute approximate surface area is 191 Å². The van der Waals surface area contributed by atoms with Crippen LogP contribution in [0.15, 0.2) is 42.6 Å². The third kappa shape index (κ3) is 7.04. The first-order valence-electron chi connectivity index (χ1n) is 10.1. The van der Waals surface area contributed by atoms with Crippen molar-refractivity contribution in [2.24, 2.45) is 5.92 Å². The molecular weight excluding hydrogens is 449 g/mol. The minimum Gasteiger partial charge on any atom is -0.469 e. The van der Waals surface area contributed by atoms with Gasteiger partial charge in [0.15, 0.2) is 5.69 Å². The first-order chi connectivity index (χ1) is 15.8. The monoisotopic (exact) mass is 473 g/mol. The molecule has 0 saturated carbocycles. The molecule has 0 aliphatic carbocycles. The summed E-state index contributed by atoms with van der Waals surface area (Å²) in [5.74, 6) is -0.495. The van der Waals surface area contributed by atoms with E-state index in [9.17, 15) is 9.59 Å². The third-order valence-electron chi connectivity index (χ3n) is 4.33. The fraction of sp³-hybridized carbons (Fsp3) is 0.286. The van der Waals surface area contributed by atoms with Gasteiger partial charge in [-0.25, -0.2) is 9.97 Å². The number of hydrogen-bond donors (Lipinski definition) is 4. The number of amides is 2. The van der Waals surface area contributed by atoms with E-state index >= 15 is 0 Å². The largest absolute Gasteiger partial charge is 0.469 e. The van der Waals surface area contributed by atoms with Gasteiger partial charge in [0.25, 0.3) is 5.91 Å². The van der Waals surface area contributed by atoms with Gasteiger partial charge in [0.05, 0.1) is 22.9 Å². The average molecular weight is 473 g/mol. The van der Waals surface area contributed by atoms with E-state index in [1.807, 2.05) is 0 Å². The van der Waals surface area contributed by atoms with Gasteiger partial charge < -0.3 is 29.7 Å². The van der Waals surface area contributed by atoms with E-state index in [0.29, 0.717) is 16.7 Å². The van der Waals surface area contributed by atoms with E-state index in [-0.39, 0.29) is 48.8 Å². The minimum atomic E-state index is -2.53. The molecule has 0 saturated heterocycles. The topological polar surface area (TPSA) is 156 Å². The Hall–Kier alpha value is -3.40. The highest BCUT2D eigenvalue weighted by atomic mass is 31.2. The highest BCUT2D eigenvalue weighted by Gasteiger charge is 2.18. The van der Waals surface area contributed by atoms with Crippen LogP contribution in [0.1, 0.15) is 30.0 Å². The van der Waals surface area contributed by atoms with Gasteiger partial charge in [-0.1, -0.05) is 26.0 Å². The predicted molar refractivity (Wildman–Crippen MR) is 120 cm³/mol. The second-order valence-electron chi connectivity index (χ2n) is 7.19. The smallest absolute Gasteiger partial charge is 0.391 e. The molecule has 2 amide bonds. The number of para-hydroxylation sites is 2. The summed E-state index contributed by atoms with van der Waals surface area (Å²) in [4.78, 5) is 55.1. The number of aromatic nitrogens is 3. The number of carbonyl (C=O) groups is 2. The van der Waals surface area contributed by atoms with Gasteiger partial charge >= 0.3 is 8.60 Å². The van der Waals surface area contributed by atoms with Crippen LogP contribution in [0.5, 0.6) is 11.6 Å². The van der Waals surface area contributed by atoms with Crippen molar-refractivity contribution in [3.63, 3.8) is 0 Å². The summed E-state index contributed by atoms with van der Waals surface area (Å²) >= 11 is 0. The maximum atomic E-state index is 12.8. The van der Waals surface area contributed by atoms with Gasteiger partial charge in [-0.15, -0.1) is 0 Å². The average Bonchev–Trinajstić information content (AvgIpc) is 2.80. The van der Waals surface area contributed by atoms with Gasteiger partial charge in [0.2, 0.25) is 11.8 Å². The number of fused-ring (bicyclic) bond motifs is 1. The molecular formula is C21H24N5O6P. The van der Waals surface area contributed by atoms with Crippen molar-refractivity contribution in [2.45, 2.75) is 20.5 Å². The maximum Gasteiger partial charge on any atom is 0.391 e. The number of ether oxygens (including phenoxy) is 1. The third-order valence-corrected chi connectivity index (χ3v) is 4.70. The van der Waals surface area contributed by atoms with Crippen molar-refractivity contribution in [1.82, 2.24) is 25.6 Å². The van der Waals surface area contributed by atoms with Gasteiger partial charge in [0.1, 0.15) is 12.4 Å². The lowest BCUT2D eigenvalue weighted by molar-refractivity contribution is -0.123. The molecule has 0 unspecified atom stereocenters. The molecule has 0 atom stereocenters. The van der Waals surface area contributed by atoms with Crippen molar-refractivity contribution in [1.29, 1.82) is 0 Å². The van der Waals surface area contributed by atoms with Crippen molar-refractivity contribution in [2.75, 3.05) is 13.1 Å². The van der Waals surface area contributed by atoms with E-state index in [4.69, 9.17) is 19.0 Å². The van der Waals surface area contributed by atoms with E-state index < -0.39 is 14.5 Å². The normalized spacial score (nSPS) is 11.0. The molecule has 33 heavy (non-hydrogen) atoms. The Morgan fingerprint density at radius 3 is 2.36 bits per heavy atom. The lowest BCUT2D eigenvalue weighted by atomic mass is 10.2. The van der Waals surface area contributed by atoms with E-state index in [0.717, 1.165) is 0 Å². The molecule has 3 rings (SSSR count). The van der Waals surface area contributed by atoms with Crippen LogP contribution >= 0.6 is 8.60 Å². The molecule has 4 N–H and O–H groups in total. The Morgan fingerprint density at radius 1 is 1.03 bits per heavy atom. The molecule has 0 spiro atoms. The van der Waals surface area contributed by atoms with Crippen LogP contribution < -0.4 is 19.9 Å². The SMILES string of the molecule is CC(C)C(=O)NCCNC(=O)c1nc2ccccc2nc1OCc1ccc(OP(O)O)cn1. The van der Waals surface area contributed by atoms with Gasteiger partial charge in [-0.3, -0.25) is 14.6 Å².